The SMILES string of the molecule is CC(C)NC(=O)NC(=O)COC(=O)COCc1nc2ccccc2s1. The predicted octanol–water partition coefficient (Wildman–Crippen LogP) is 1.59. The molecule has 134 valence electrons. The number of amides is 3. The van der Waals surface area contributed by atoms with Crippen molar-refractivity contribution in [2.75, 3.05) is 13.2 Å². The summed E-state index contributed by atoms with van der Waals surface area (Å²) in [4.78, 5) is 38.6. The van der Waals surface area contributed by atoms with Crippen LogP contribution in [0.25, 0.3) is 10.2 Å². The van der Waals surface area contributed by atoms with Crippen LogP contribution in [0.4, 0.5) is 4.79 Å². The standard InChI is InChI=1S/C16H19N3O5S/c1-10(2)17-16(22)19-13(20)7-24-15(21)9-23-8-14-18-11-5-3-4-6-12(11)25-14/h3-6,10H,7-9H2,1-2H3,(H2,17,19,20,22). The van der Waals surface area contributed by atoms with E-state index < -0.39 is 24.5 Å². The number of fused-ring (bicyclic) bond motifs is 1. The van der Waals surface area contributed by atoms with Crippen LogP contribution in [0.5, 0.6) is 0 Å². The van der Waals surface area contributed by atoms with E-state index in [-0.39, 0.29) is 19.3 Å². The van der Waals surface area contributed by atoms with Gasteiger partial charge in [-0.25, -0.2) is 14.6 Å². The minimum atomic E-state index is -0.710. The largest absolute Gasteiger partial charge is 0.454 e. The third kappa shape index (κ3) is 6.48. The van der Waals surface area contributed by atoms with Gasteiger partial charge in [0.05, 0.1) is 16.8 Å². The normalized spacial score (nSPS) is 10.7. The number of benzene rings is 1. The van der Waals surface area contributed by atoms with E-state index >= 15 is 0 Å². The van der Waals surface area contributed by atoms with Crippen molar-refractivity contribution in [2.45, 2.75) is 26.5 Å². The van der Waals surface area contributed by atoms with Gasteiger partial charge in [0.25, 0.3) is 5.91 Å². The maximum atomic E-state index is 11.5. The molecule has 0 aliphatic carbocycles. The fraction of sp³-hybridized carbons (Fsp3) is 0.375. The van der Waals surface area contributed by atoms with Gasteiger partial charge < -0.3 is 14.8 Å². The van der Waals surface area contributed by atoms with Crippen molar-refractivity contribution in [2.24, 2.45) is 0 Å². The van der Waals surface area contributed by atoms with E-state index in [1.54, 1.807) is 13.8 Å². The number of hydrogen-bond acceptors (Lipinski definition) is 7. The molecular weight excluding hydrogens is 346 g/mol. The molecule has 0 atom stereocenters. The van der Waals surface area contributed by atoms with Crippen molar-refractivity contribution in [3.05, 3.63) is 29.3 Å². The van der Waals surface area contributed by atoms with E-state index in [2.05, 4.69) is 10.3 Å². The van der Waals surface area contributed by atoms with E-state index in [9.17, 15) is 14.4 Å². The zero-order valence-corrected chi connectivity index (χ0v) is 14.7. The highest BCUT2D eigenvalue weighted by atomic mass is 32.1. The number of urea groups is 1. The number of imide groups is 1. The summed E-state index contributed by atoms with van der Waals surface area (Å²) in [6, 6.07) is 6.94. The summed E-state index contributed by atoms with van der Waals surface area (Å²) < 4.78 is 11.0. The van der Waals surface area contributed by atoms with Gasteiger partial charge in [0.2, 0.25) is 0 Å². The number of nitrogens with zero attached hydrogens (tertiary/aromatic N) is 1. The minimum Gasteiger partial charge on any atom is -0.454 e. The van der Waals surface area contributed by atoms with Crippen LogP contribution in [0.2, 0.25) is 0 Å². The molecule has 2 aromatic rings. The van der Waals surface area contributed by atoms with Crippen LogP contribution in [-0.4, -0.2) is 42.1 Å². The molecular formula is C16H19N3O5S. The van der Waals surface area contributed by atoms with Gasteiger partial charge in [-0.1, -0.05) is 12.1 Å². The van der Waals surface area contributed by atoms with Crippen LogP contribution in [0.3, 0.4) is 0 Å². The summed E-state index contributed by atoms with van der Waals surface area (Å²) >= 11 is 1.48. The first kappa shape index (κ1) is 18.8. The molecule has 0 aliphatic rings. The highest BCUT2D eigenvalue weighted by molar-refractivity contribution is 7.18. The third-order valence-electron chi connectivity index (χ3n) is 2.82. The molecule has 0 unspecified atom stereocenters. The molecule has 1 heterocycles. The molecule has 0 bridgehead atoms. The number of hydrogen-bond donors (Lipinski definition) is 2. The number of carbonyl (C=O) groups is 3. The van der Waals surface area contributed by atoms with Gasteiger partial charge in [-0.05, 0) is 26.0 Å². The van der Waals surface area contributed by atoms with Crippen LogP contribution in [0, 0.1) is 0 Å². The average Bonchev–Trinajstić information content (AvgIpc) is 2.94. The van der Waals surface area contributed by atoms with E-state index in [4.69, 9.17) is 9.47 Å². The lowest BCUT2D eigenvalue weighted by atomic mass is 10.3. The second-order valence-electron chi connectivity index (χ2n) is 5.41. The summed E-state index contributed by atoms with van der Waals surface area (Å²) in [6.45, 7) is 2.84. The monoisotopic (exact) mass is 365 g/mol. The number of ether oxygens (including phenoxy) is 2. The molecule has 0 spiro atoms. The molecule has 0 fully saturated rings. The molecule has 3 amide bonds. The van der Waals surface area contributed by atoms with Crippen molar-refractivity contribution in [1.82, 2.24) is 15.6 Å². The highest BCUT2D eigenvalue weighted by Crippen LogP contribution is 2.21. The molecule has 1 aromatic carbocycles. The zero-order valence-electron chi connectivity index (χ0n) is 13.9. The topological polar surface area (TPSA) is 107 Å². The Bertz CT molecular complexity index is 726. The number of para-hydroxylation sites is 1. The lowest BCUT2D eigenvalue weighted by Gasteiger charge is -2.09. The number of rotatable bonds is 7. The summed E-state index contributed by atoms with van der Waals surface area (Å²) in [5, 5.41) is 5.28. The Balaban J connectivity index is 1.65. The molecule has 0 saturated carbocycles. The molecule has 0 radical (unpaired) electrons. The minimum absolute atomic E-state index is 0.105. The Morgan fingerprint density at radius 2 is 1.96 bits per heavy atom. The van der Waals surface area contributed by atoms with Gasteiger partial charge in [-0.2, -0.15) is 0 Å². The second kappa shape index (κ2) is 9.09. The summed E-state index contributed by atoms with van der Waals surface area (Å²) in [7, 11) is 0. The first-order valence-electron chi connectivity index (χ1n) is 7.62. The van der Waals surface area contributed by atoms with Crippen LogP contribution >= 0.6 is 11.3 Å². The number of aromatic nitrogens is 1. The Labute approximate surface area is 148 Å². The molecule has 2 rings (SSSR count). The summed E-state index contributed by atoms with van der Waals surface area (Å²) in [6.07, 6.45) is 0. The molecule has 1 aromatic heterocycles. The Kier molecular flexibility index (Phi) is 6.84. The van der Waals surface area contributed by atoms with Crippen molar-refractivity contribution in [3.63, 3.8) is 0 Å². The van der Waals surface area contributed by atoms with Gasteiger partial charge >= 0.3 is 12.0 Å². The Morgan fingerprint density at radius 1 is 1.20 bits per heavy atom. The van der Waals surface area contributed by atoms with Gasteiger partial charge in [0, 0.05) is 6.04 Å². The van der Waals surface area contributed by atoms with Crippen LogP contribution in [0.15, 0.2) is 24.3 Å². The highest BCUT2D eigenvalue weighted by Gasteiger charge is 2.12. The number of thiazole rings is 1. The van der Waals surface area contributed by atoms with Gasteiger partial charge in [0.1, 0.15) is 11.6 Å². The second-order valence-corrected chi connectivity index (χ2v) is 6.52. The maximum absolute atomic E-state index is 11.5. The third-order valence-corrected chi connectivity index (χ3v) is 3.83. The summed E-state index contributed by atoms with van der Waals surface area (Å²) in [5.41, 5.74) is 0.880. The van der Waals surface area contributed by atoms with Crippen molar-refractivity contribution in [1.29, 1.82) is 0 Å². The van der Waals surface area contributed by atoms with Crippen LogP contribution in [0.1, 0.15) is 18.9 Å². The van der Waals surface area contributed by atoms with Crippen LogP contribution in [-0.2, 0) is 25.7 Å². The fourth-order valence-corrected chi connectivity index (χ4v) is 2.76. The lowest BCUT2D eigenvalue weighted by molar-refractivity contribution is -0.153. The van der Waals surface area contributed by atoms with Crippen molar-refractivity contribution < 1.29 is 23.9 Å². The van der Waals surface area contributed by atoms with Gasteiger partial charge in [-0.3, -0.25) is 10.1 Å². The van der Waals surface area contributed by atoms with E-state index in [1.807, 2.05) is 29.6 Å². The number of esters is 1. The first-order chi connectivity index (χ1) is 11.9. The molecule has 9 heteroatoms. The molecule has 25 heavy (non-hydrogen) atoms. The smallest absolute Gasteiger partial charge is 0.332 e. The predicted molar refractivity (Wildman–Crippen MR) is 92.0 cm³/mol. The fourth-order valence-electron chi connectivity index (χ4n) is 1.85. The molecule has 8 nitrogen and oxygen atoms in total. The van der Waals surface area contributed by atoms with E-state index in [1.165, 1.54) is 11.3 Å². The lowest BCUT2D eigenvalue weighted by Crippen LogP contribution is -2.44. The zero-order chi connectivity index (χ0) is 18.2. The Morgan fingerprint density at radius 3 is 2.68 bits per heavy atom. The van der Waals surface area contributed by atoms with Crippen molar-refractivity contribution >= 4 is 39.5 Å². The Hall–Kier alpha value is -2.52. The van der Waals surface area contributed by atoms with Crippen LogP contribution < -0.4 is 10.6 Å². The maximum Gasteiger partial charge on any atom is 0.332 e. The van der Waals surface area contributed by atoms with Gasteiger partial charge in [0.15, 0.2) is 6.61 Å². The molecule has 2 N–H and O–H groups in total. The summed E-state index contributed by atoms with van der Waals surface area (Å²) in [5.74, 6) is -1.40. The molecule has 0 saturated heterocycles. The molecule has 0 aliphatic heterocycles. The van der Waals surface area contributed by atoms with E-state index in [0.29, 0.717) is 0 Å². The number of carbonyl (C=O) groups excluding carboxylic acids is 3. The van der Waals surface area contributed by atoms with Gasteiger partial charge in [-0.15, -0.1) is 11.3 Å². The average molecular weight is 365 g/mol. The number of nitrogens with one attached hydrogen (secondary N) is 2. The quantitative estimate of drug-likeness (QED) is 0.722. The van der Waals surface area contributed by atoms with Crippen molar-refractivity contribution in [3.8, 4) is 0 Å². The van der Waals surface area contributed by atoms with E-state index in [0.717, 1.165) is 15.2 Å². The first-order valence-corrected chi connectivity index (χ1v) is 8.44.